The van der Waals surface area contributed by atoms with Gasteiger partial charge in [-0.05, 0) is 24.6 Å². The molecule has 1 aromatic carbocycles. The van der Waals surface area contributed by atoms with Crippen molar-refractivity contribution in [2.45, 2.75) is 31.8 Å². The third kappa shape index (κ3) is 4.38. The summed E-state index contributed by atoms with van der Waals surface area (Å²) in [5.41, 5.74) is 1.05. The monoisotopic (exact) mass is 369 g/mol. The number of sulfonamides is 1. The van der Waals surface area contributed by atoms with Gasteiger partial charge in [0.05, 0.1) is 11.0 Å². The van der Waals surface area contributed by atoms with Crippen LogP contribution >= 0.6 is 0 Å². The van der Waals surface area contributed by atoms with Crippen LogP contribution in [0.2, 0.25) is 0 Å². The molecule has 1 aliphatic rings. The molecule has 8 heteroatoms. The highest BCUT2D eigenvalue weighted by Gasteiger charge is 2.26. The number of aryl methyl sites for hydroxylation is 1. The van der Waals surface area contributed by atoms with Crippen molar-refractivity contribution in [2.75, 3.05) is 32.7 Å². The topological polar surface area (TPSA) is 98.7 Å². The largest absolute Gasteiger partial charge is 0.391 e. The molecule has 25 heavy (non-hydrogen) atoms. The number of nitrogens with zero attached hydrogens (tertiary/aromatic N) is 1. The smallest absolute Gasteiger partial charge is 0.251 e. The van der Waals surface area contributed by atoms with E-state index in [2.05, 4.69) is 10.6 Å². The van der Waals surface area contributed by atoms with Gasteiger partial charge in [0.15, 0.2) is 0 Å². The minimum atomic E-state index is -3.61. The number of hydrogen-bond acceptors (Lipinski definition) is 5. The van der Waals surface area contributed by atoms with Crippen LogP contribution in [0.5, 0.6) is 0 Å². The Morgan fingerprint density at radius 3 is 2.56 bits per heavy atom. The Morgan fingerprint density at radius 1 is 1.32 bits per heavy atom. The molecule has 1 fully saturated rings. The molecule has 0 radical (unpaired) electrons. The van der Waals surface area contributed by atoms with Gasteiger partial charge in [0.1, 0.15) is 0 Å². The van der Waals surface area contributed by atoms with Crippen LogP contribution in [0.1, 0.15) is 29.8 Å². The lowest BCUT2D eigenvalue weighted by Crippen LogP contribution is -2.35. The van der Waals surface area contributed by atoms with E-state index in [1.54, 1.807) is 26.8 Å². The van der Waals surface area contributed by atoms with Crippen LogP contribution in [0.4, 0.5) is 0 Å². The average Bonchev–Trinajstić information content (AvgIpc) is 2.98. The number of hydrogen-bond donors (Lipinski definition) is 3. The van der Waals surface area contributed by atoms with Gasteiger partial charge in [-0.3, -0.25) is 4.79 Å². The van der Waals surface area contributed by atoms with Gasteiger partial charge in [-0.15, -0.1) is 0 Å². The lowest BCUT2D eigenvalue weighted by Gasteiger charge is -2.19. The van der Waals surface area contributed by atoms with Crippen LogP contribution in [-0.2, 0) is 10.0 Å². The number of carbonyl (C=O) groups is 1. The Bertz CT molecular complexity index is 717. The third-order valence-electron chi connectivity index (χ3n) is 4.63. The Balaban J connectivity index is 2.19. The molecule has 2 rings (SSSR count). The molecule has 0 aromatic heterocycles. The highest BCUT2D eigenvalue weighted by molar-refractivity contribution is 7.89. The summed E-state index contributed by atoms with van der Waals surface area (Å²) in [4.78, 5) is 12.6. The summed E-state index contributed by atoms with van der Waals surface area (Å²) in [6.07, 6.45) is -0.476. The number of benzene rings is 1. The van der Waals surface area contributed by atoms with E-state index < -0.39 is 16.1 Å². The van der Waals surface area contributed by atoms with Crippen molar-refractivity contribution in [3.63, 3.8) is 0 Å². The summed E-state index contributed by atoms with van der Waals surface area (Å²) >= 11 is 0. The van der Waals surface area contributed by atoms with Gasteiger partial charge in [-0.1, -0.05) is 19.9 Å². The zero-order chi connectivity index (χ0) is 18.6. The molecule has 0 spiro atoms. The fraction of sp³-hybridized carbons (Fsp3) is 0.588. The van der Waals surface area contributed by atoms with Crippen LogP contribution in [0.25, 0.3) is 0 Å². The summed E-state index contributed by atoms with van der Waals surface area (Å²) in [5.74, 6) is -0.361. The van der Waals surface area contributed by atoms with Crippen molar-refractivity contribution in [1.29, 1.82) is 0 Å². The first-order valence-corrected chi connectivity index (χ1v) is 10.0. The van der Waals surface area contributed by atoms with Crippen LogP contribution in [-0.4, -0.2) is 62.6 Å². The second kappa shape index (κ2) is 8.27. The number of β-amino-alcohol motifs (C(OH)–C–C–N with tert-alkyl or cyclic N) is 1. The molecule has 2 unspecified atom stereocenters. The number of carbonyl (C=O) groups excluding carboxylic acids is 1. The molecule has 3 N–H and O–H groups in total. The predicted octanol–water partition coefficient (Wildman–Crippen LogP) is 0.336. The van der Waals surface area contributed by atoms with Gasteiger partial charge < -0.3 is 15.7 Å². The van der Waals surface area contributed by atoms with Crippen molar-refractivity contribution in [2.24, 2.45) is 5.92 Å². The van der Waals surface area contributed by atoms with Gasteiger partial charge >= 0.3 is 0 Å². The first kappa shape index (κ1) is 19.8. The number of aliphatic hydroxyl groups is 1. The summed E-state index contributed by atoms with van der Waals surface area (Å²) in [7, 11) is -3.61. The molecule has 140 valence electrons. The van der Waals surface area contributed by atoms with E-state index in [1.807, 2.05) is 0 Å². The Morgan fingerprint density at radius 2 is 2.00 bits per heavy atom. The van der Waals surface area contributed by atoms with Crippen molar-refractivity contribution in [3.05, 3.63) is 29.3 Å². The zero-order valence-electron chi connectivity index (χ0n) is 14.9. The molecule has 1 aromatic rings. The van der Waals surface area contributed by atoms with E-state index in [0.29, 0.717) is 43.9 Å². The van der Waals surface area contributed by atoms with Gasteiger partial charge in [0.2, 0.25) is 10.0 Å². The first-order valence-electron chi connectivity index (χ1n) is 8.59. The summed E-state index contributed by atoms with van der Waals surface area (Å²) in [6, 6.07) is 4.61. The van der Waals surface area contributed by atoms with Crippen LogP contribution in [0.3, 0.4) is 0 Å². The van der Waals surface area contributed by atoms with E-state index in [1.165, 1.54) is 16.4 Å². The molecule has 0 saturated carbocycles. The molecular weight excluding hydrogens is 342 g/mol. The number of nitrogens with one attached hydrogen (secondary N) is 2. The van der Waals surface area contributed by atoms with Crippen LogP contribution in [0.15, 0.2) is 23.1 Å². The molecule has 1 heterocycles. The van der Waals surface area contributed by atoms with E-state index in [9.17, 15) is 18.3 Å². The highest BCUT2D eigenvalue weighted by Crippen LogP contribution is 2.20. The molecule has 0 aliphatic carbocycles. The molecule has 2 atom stereocenters. The Kier molecular flexibility index (Phi) is 6.56. The standard InChI is InChI=1S/C17H27N3O4S/c1-4-20(5-2)25(23,24)14-7-6-12(3)15(8-14)17(22)19-10-13-9-18-11-16(13)21/h6-8,13,16,18,21H,4-5,9-11H2,1-3H3,(H,19,22). The molecular formula is C17H27N3O4S. The van der Waals surface area contributed by atoms with Crippen molar-refractivity contribution in [1.82, 2.24) is 14.9 Å². The molecule has 1 saturated heterocycles. The predicted molar refractivity (Wildman–Crippen MR) is 96.0 cm³/mol. The fourth-order valence-electron chi connectivity index (χ4n) is 2.97. The quantitative estimate of drug-likeness (QED) is 0.644. The first-order chi connectivity index (χ1) is 11.8. The lowest BCUT2D eigenvalue weighted by molar-refractivity contribution is 0.0926. The molecule has 1 amide bonds. The van der Waals surface area contributed by atoms with Gasteiger partial charge in [0.25, 0.3) is 5.91 Å². The number of aliphatic hydroxyl groups excluding tert-OH is 1. The maximum Gasteiger partial charge on any atom is 0.251 e. The maximum absolute atomic E-state index is 12.6. The second-order valence-corrected chi connectivity index (χ2v) is 8.20. The van der Waals surface area contributed by atoms with E-state index in [4.69, 9.17) is 0 Å². The number of amides is 1. The minimum absolute atomic E-state index is 0.0353. The zero-order valence-corrected chi connectivity index (χ0v) is 15.8. The van der Waals surface area contributed by atoms with E-state index >= 15 is 0 Å². The van der Waals surface area contributed by atoms with Gasteiger partial charge in [-0.2, -0.15) is 4.31 Å². The van der Waals surface area contributed by atoms with E-state index in [0.717, 1.165) is 0 Å². The second-order valence-electron chi connectivity index (χ2n) is 6.26. The molecule has 0 bridgehead atoms. The fourth-order valence-corrected chi connectivity index (χ4v) is 4.45. The van der Waals surface area contributed by atoms with Crippen molar-refractivity contribution in [3.8, 4) is 0 Å². The summed E-state index contributed by atoms with van der Waals surface area (Å²) in [6.45, 7) is 7.61. The van der Waals surface area contributed by atoms with Crippen LogP contribution in [0, 0.1) is 12.8 Å². The SMILES string of the molecule is CCN(CC)S(=O)(=O)c1ccc(C)c(C(=O)NCC2CNCC2O)c1. The maximum atomic E-state index is 12.6. The normalized spacial score (nSPS) is 20.8. The molecule has 7 nitrogen and oxygen atoms in total. The Labute approximate surface area is 149 Å². The Hall–Kier alpha value is -1.48. The van der Waals surface area contributed by atoms with E-state index in [-0.39, 0.29) is 16.7 Å². The van der Waals surface area contributed by atoms with Gasteiger partial charge in [0, 0.05) is 44.2 Å². The van der Waals surface area contributed by atoms with Crippen molar-refractivity contribution >= 4 is 15.9 Å². The van der Waals surface area contributed by atoms with Crippen molar-refractivity contribution < 1.29 is 18.3 Å². The highest BCUT2D eigenvalue weighted by atomic mass is 32.2. The summed E-state index contributed by atoms with van der Waals surface area (Å²) in [5, 5.41) is 15.7. The lowest BCUT2D eigenvalue weighted by atomic mass is 10.1. The molecule has 1 aliphatic heterocycles. The third-order valence-corrected chi connectivity index (χ3v) is 6.67. The average molecular weight is 369 g/mol. The van der Waals surface area contributed by atoms with Gasteiger partial charge in [-0.25, -0.2) is 8.42 Å². The summed E-state index contributed by atoms with van der Waals surface area (Å²) < 4.78 is 26.6. The minimum Gasteiger partial charge on any atom is -0.391 e. The number of rotatable bonds is 7. The van der Waals surface area contributed by atoms with Crippen LogP contribution < -0.4 is 10.6 Å².